The number of hydrogen-bond acceptors (Lipinski definition) is 2. The summed E-state index contributed by atoms with van der Waals surface area (Å²) < 4.78 is 2.67. The highest BCUT2D eigenvalue weighted by Crippen LogP contribution is 2.49. The second-order valence-corrected chi connectivity index (χ2v) is 11.0. The minimum atomic E-state index is 0.0289. The SMILES string of the molecule is CC1(C)c2ccccc2-c2cc(Nc3ccccc3-c3ccc4sc5ccccc5c4c3)ccc21. The van der Waals surface area contributed by atoms with Crippen LogP contribution >= 0.6 is 11.3 Å². The number of thiophene rings is 1. The summed E-state index contributed by atoms with van der Waals surface area (Å²) in [6, 6.07) is 39.8. The maximum atomic E-state index is 3.74. The first-order chi connectivity index (χ1) is 17.1. The van der Waals surface area contributed by atoms with Crippen molar-refractivity contribution < 1.29 is 0 Å². The van der Waals surface area contributed by atoms with E-state index in [9.17, 15) is 0 Å². The highest BCUT2D eigenvalue weighted by atomic mass is 32.1. The Morgan fingerprint density at radius 1 is 0.571 bits per heavy atom. The molecule has 1 nitrogen and oxygen atoms in total. The molecule has 0 saturated heterocycles. The lowest BCUT2D eigenvalue weighted by atomic mass is 9.82. The Bertz CT molecular complexity index is 1750. The van der Waals surface area contributed by atoms with Gasteiger partial charge in [0.05, 0.1) is 0 Å². The molecule has 35 heavy (non-hydrogen) atoms. The molecule has 1 aliphatic rings. The van der Waals surface area contributed by atoms with Crippen LogP contribution in [0.5, 0.6) is 0 Å². The van der Waals surface area contributed by atoms with Crippen LogP contribution < -0.4 is 5.32 Å². The van der Waals surface area contributed by atoms with Crippen molar-refractivity contribution in [1.82, 2.24) is 0 Å². The molecule has 0 unspecified atom stereocenters. The molecule has 0 bridgehead atoms. The molecule has 2 heteroatoms. The Morgan fingerprint density at radius 3 is 2.20 bits per heavy atom. The number of benzene rings is 5. The second-order valence-electron chi connectivity index (χ2n) is 9.91. The average molecular weight is 468 g/mol. The van der Waals surface area contributed by atoms with E-state index in [1.54, 1.807) is 0 Å². The van der Waals surface area contributed by atoms with Crippen molar-refractivity contribution in [2.75, 3.05) is 5.32 Å². The summed E-state index contributed by atoms with van der Waals surface area (Å²) in [6.45, 7) is 4.65. The van der Waals surface area contributed by atoms with Gasteiger partial charge in [-0.25, -0.2) is 0 Å². The van der Waals surface area contributed by atoms with Crippen LogP contribution in [0, 0.1) is 0 Å². The van der Waals surface area contributed by atoms with E-state index in [1.165, 1.54) is 53.6 Å². The van der Waals surface area contributed by atoms with Gasteiger partial charge >= 0.3 is 0 Å². The molecule has 5 aromatic carbocycles. The molecule has 1 aliphatic carbocycles. The maximum absolute atomic E-state index is 3.74. The molecule has 0 radical (unpaired) electrons. The Labute approximate surface area is 209 Å². The van der Waals surface area contributed by atoms with Crippen molar-refractivity contribution in [2.24, 2.45) is 0 Å². The van der Waals surface area contributed by atoms with E-state index in [2.05, 4.69) is 128 Å². The fourth-order valence-corrected chi connectivity index (χ4v) is 6.78. The van der Waals surface area contributed by atoms with Crippen LogP contribution in [0.1, 0.15) is 25.0 Å². The number of rotatable bonds is 3. The molecule has 6 aromatic rings. The zero-order chi connectivity index (χ0) is 23.6. The lowest BCUT2D eigenvalue weighted by molar-refractivity contribution is 0.660. The predicted octanol–water partition coefficient (Wildman–Crippen LogP) is 9.77. The van der Waals surface area contributed by atoms with Crippen LogP contribution in [0.15, 0.2) is 109 Å². The van der Waals surface area contributed by atoms with Crippen molar-refractivity contribution in [3.8, 4) is 22.3 Å². The van der Waals surface area contributed by atoms with E-state index in [4.69, 9.17) is 0 Å². The smallest absolute Gasteiger partial charge is 0.0463 e. The molecule has 168 valence electrons. The van der Waals surface area contributed by atoms with Crippen LogP contribution in [0.25, 0.3) is 42.4 Å². The van der Waals surface area contributed by atoms with E-state index >= 15 is 0 Å². The molecular weight excluding hydrogens is 442 g/mol. The summed E-state index contributed by atoms with van der Waals surface area (Å²) in [6.07, 6.45) is 0. The molecule has 0 atom stereocenters. The first-order valence-corrected chi connectivity index (χ1v) is 12.9. The molecule has 0 spiro atoms. The monoisotopic (exact) mass is 467 g/mol. The standard InChI is InChI=1S/C33H25NS/c1-33(2)28-12-6-3-10-24(28)26-20-22(16-17-29(26)33)34-30-13-7-4-9-23(30)21-15-18-32-27(19-21)25-11-5-8-14-31(25)35-32/h3-20,34H,1-2H3. The summed E-state index contributed by atoms with van der Waals surface area (Å²) >= 11 is 1.86. The fraction of sp³-hybridized carbons (Fsp3) is 0.0909. The largest absolute Gasteiger partial charge is 0.355 e. The first kappa shape index (κ1) is 20.5. The third-order valence-electron chi connectivity index (χ3n) is 7.48. The molecule has 1 aromatic heterocycles. The van der Waals surface area contributed by atoms with Crippen molar-refractivity contribution in [2.45, 2.75) is 19.3 Å². The van der Waals surface area contributed by atoms with Gasteiger partial charge in [0, 0.05) is 42.5 Å². The van der Waals surface area contributed by atoms with Crippen LogP contribution in [-0.4, -0.2) is 0 Å². The summed E-state index contributed by atoms with van der Waals surface area (Å²) in [4.78, 5) is 0. The molecular formula is C33H25NS. The highest BCUT2D eigenvalue weighted by molar-refractivity contribution is 7.25. The Kier molecular flexibility index (Phi) is 4.43. The summed E-state index contributed by atoms with van der Waals surface area (Å²) in [7, 11) is 0. The predicted molar refractivity (Wildman–Crippen MR) is 152 cm³/mol. The van der Waals surface area contributed by atoms with Gasteiger partial charge in [-0.3, -0.25) is 0 Å². The summed E-state index contributed by atoms with van der Waals surface area (Å²) in [5, 5.41) is 6.40. The number of nitrogens with one attached hydrogen (secondary N) is 1. The average Bonchev–Trinajstić information content (AvgIpc) is 3.37. The topological polar surface area (TPSA) is 12.0 Å². The van der Waals surface area contributed by atoms with Crippen molar-refractivity contribution >= 4 is 42.9 Å². The quantitative estimate of drug-likeness (QED) is 0.273. The van der Waals surface area contributed by atoms with Crippen LogP contribution in [-0.2, 0) is 5.41 Å². The Morgan fingerprint density at radius 2 is 1.29 bits per heavy atom. The van der Waals surface area contributed by atoms with Gasteiger partial charge < -0.3 is 5.32 Å². The molecule has 7 rings (SSSR count). The van der Waals surface area contributed by atoms with Crippen molar-refractivity contribution in [3.05, 3.63) is 120 Å². The van der Waals surface area contributed by atoms with Gasteiger partial charge in [-0.2, -0.15) is 0 Å². The number of anilines is 2. The number of para-hydroxylation sites is 1. The zero-order valence-electron chi connectivity index (χ0n) is 19.8. The fourth-order valence-electron chi connectivity index (χ4n) is 5.69. The lowest BCUT2D eigenvalue weighted by Crippen LogP contribution is -2.14. The van der Waals surface area contributed by atoms with Gasteiger partial charge in [0.2, 0.25) is 0 Å². The van der Waals surface area contributed by atoms with Crippen LogP contribution in [0.3, 0.4) is 0 Å². The van der Waals surface area contributed by atoms with E-state index in [0.717, 1.165) is 11.4 Å². The van der Waals surface area contributed by atoms with Gasteiger partial charge in [0.25, 0.3) is 0 Å². The van der Waals surface area contributed by atoms with Crippen molar-refractivity contribution in [3.63, 3.8) is 0 Å². The van der Waals surface area contributed by atoms with E-state index in [1.807, 2.05) is 11.3 Å². The number of fused-ring (bicyclic) bond motifs is 6. The molecule has 0 saturated carbocycles. The highest BCUT2D eigenvalue weighted by Gasteiger charge is 2.35. The van der Waals surface area contributed by atoms with Gasteiger partial charge in [-0.05, 0) is 64.2 Å². The van der Waals surface area contributed by atoms with Crippen LogP contribution in [0.2, 0.25) is 0 Å². The summed E-state index contributed by atoms with van der Waals surface area (Å²) in [5.41, 5.74) is 10.2. The van der Waals surface area contributed by atoms with Gasteiger partial charge in [-0.1, -0.05) is 86.6 Å². The minimum absolute atomic E-state index is 0.0289. The summed E-state index contributed by atoms with van der Waals surface area (Å²) in [5.74, 6) is 0. The normalized spacial score (nSPS) is 13.7. The van der Waals surface area contributed by atoms with Gasteiger partial charge in [-0.15, -0.1) is 11.3 Å². The zero-order valence-corrected chi connectivity index (χ0v) is 20.6. The maximum Gasteiger partial charge on any atom is 0.0463 e. The van der Waals surface area contributed by atoms with Crippen molar-refractivity contribution in [1.29, 1.82) is 0 Å². The van der Waals surface area contributed by atoms with E-state index in [-0.39, 0.29) is 5.41 Å². The third kappa shape index (κ3) is 3.14. The molecule has 1 N–H and O–H groups in total. The Balaban J connectivity index is 1.31. The van der Waals surface area contributed by atoms with Gasteiger partial charge in [0.1, 0.15) is 0 Å². The number of hydrogen-bond donors (Lipinski definition) is 1. The molecule has 0 aliphatic heterocycles. The molecule has 0 fully saturated rings. The van der Waals surface area contributed by atoms with E-state index in [0.29, 0.717) is 0 Å². The van der Waals surface area contributed by atoms with Crippen LogP contribution in [0.4, 0.5) is 11.4 Å². The molecule has 1 heterocycles. The van der Waals surface area contributed by atoms with Gasteiger partial charge in [0.15, 0.2) is 0 Å². The second kappa shape index (κ2) is 7.56. The first-order valence-electron chi connectivity index (χ1n) is 12.1. The third-order valence-corrected chi connectivity index (χ3v) is 8.63. The van der Waals surface area contributed by atoms with E-state index < -0.39 is 0 Å². The molecule has 0 amide bonds. The minimum Gasteiger partial charge on any atom is -0.355 e. The lowest BCUT2D eigenvalue weighted by Gasteiger charge is -2.21. The Hall–Kier alpha value is -3.88.